The van der Waals surface area contributed by atoms with Crippen LogP contribution in [0.4, 0.5) is 0 Å². The zero-order valence-electron chi connectivity index (χ0n) is 11.0. The highest BCUT2D eigenvalue weighted by Crippen LogP contribution is 2.42. The van der Waals surface area contributed by atoms with Gasteiger partial charge in [0.2, 0.25) is 0 Å². The van der Waals surface area contributed by atoms with Crippen molar-refractivity contribution in [3.63, 3.8) is 0 Å². The molecule has 2 heterocycles. The summed E-state index contributed by atoms with van der Waals surface area (Å²) in [5, 5.41) is -0.361. The molecule has 0 spiro atoms. The standard InChI is InChI=1S/C15H14BrClO3/c1-2-9-3-4-12(20-9)15(17)10-7-13-14(8-11(10)16)19-6-5-18-13/h3-4,7-8,15H,2,5-6H2,1H3. The van der Waals surface area contributed by atoms with Crippen molar-refractivity contribution in [2.24, 2.45) is 0 Å². The van der Waals surface area contributed by atoms with E-state index in [-0.39, 0.29) is 5.38 Å². The normalized spacial score (nSPS) is 15.2. The van der Waals surface area contributed by atoms with Crippen molar-refractivity contribution in [3.8, 4) is 11.5 Å². The van der Waals surface area contributed by atoms with E-state index in [2.05, 4.69) is 15.9 Å². The van der Waals surface area contributed by atoms with Crippen LogP contribution in [0.3, 0.4) is 0 Å². The number of fused-ring (bicyclic) bond motifs is 1. The van der Waals surface area contributed by atoms with Crippen molar-refractivity contribution in [1.82, 2.24) is 0 Å². The molecule has 20 heavy (non-hydrogen) atoms. The van der Waals surface area contributed by atoms with Gasteiger partial charge < -0.3 is 13.9 Å². The highest BCUT2D eigenvalue weighted by molar-refractivity contribution is 9.10. The van der Waals surface area contributed by atoms with Gasteiger partial charge in [-0.3, -0.25) is 0 Å². The summed E-state index contributed by atoms with van der Waals surface area (Å²) in [4.78, 5) is 0. The first kappa shape index (κ1) is 13.8. The zero-order valence-corrected chi connectivity index (χ0v) is 13.3. The lowest BCUT2D eigenvalue weighted by Crippen LogP contribution is -2.15. The molecular formula is C15H14BrClO3. The molecule has 0 amide bonds. The number of ether oxygens (including phenoxy) is 2. The fourth-order valence-electron chi connectivity index (χ4n) is 2.15. The van der Waals surface area contributed by atoms with Crippen LogP contribution >= 0.6 is 27.5 Å². The molecule has 3 nitrogen and oxygen atoms in total. The molecule has 1 unspecified atom stereocenters. The van der Waals surface area contributed by atoms with Crippen LogP contribution < -0.4 is 9.47 Å². The van der Waals surface area contributed by atoms with Gasteiger partial charge in [0.15, 0.2) is 11.5 Å². The number of aryl methyl sites for hydroxylation is 1. The van der Waals surface area contributed by atoms with E-state index in [0.717, 1.165) is 39.5 Å². The SMILES string of the molecule is CCc1ccc(C(Cl)c2cc3c(cc2Br)OCCO3)o1. The van der Waals surface area contributed by atoms with E-state index >= 15 is 0 Å². The third kappa shape index (κ3) is 2.54. The van der Waals surface area contributed by atoms with Crippen LogP contribution in [0, 0.1) is 0 Å². The molecule has 1 aromatic heterocycles. The predicted molar refractivity (Wildman–Crippen MR) is 80.9 cm³/mol. The second-order valence-corrected chi connectivity index (χ2v) is 5.83. The molecule has 106 valence electrons. The van der Waals surface area contributed by atoms with Gasteiger partial charge in [0.05, 0.1) is 0 Å². The van der Waals surface area contributed by atoms with Crippen molar-refractivity contribution in [2.75, 3.05) is 13.2 Å². The first-order valence-corrected chi connectivity index (χ1v) is 7.73. The fourth-order valence-corrected chi connectivity index (χ4v) is 3.13. The number of hydrogen-bond donors (Lipinski definition) is 0. The van der Waals surface area contributed by atoms with Crippen LogP contribution in [-0.2, 0) is 6.42 Å². The quantitative estimate of drug-likeness (QED) is 0.746. The molecule has 1 aliphatic rings. The minimum Gasteiger partial charge on any atom is -0.486 e. The van der Waals surface area contributed by atoms with Gasteiger partial charge in [-0.1, -0.05) is 22.9 Å². The average molecular weight is 358 g/mol. The average Bonchev–Trinajstić information content (AvgIpc) is 2.94. The molecule has 0 fully saturated rings. The Balaban J connectivity index is 1.96. The molecular weight excluding hydrogens is 344 g/mol. The van der Waals surface area contributed by atoms with Crippen LogP contribution in [0.25, 0.3) is 0 Å². The second-order valence-electron chi connectivity index (χ2n) is 4.54. The summed E-state index contributed by atoms with van der Waals surface area (Å²) < 4.78 is 17.7. The summed E-state index contributed by atoms with van der Waals surface area (Å²) in [6.07, 6.45) is 0.853. The summed E-state index contributed by atoms with van der Waals surface area (Å²) in [7, 11) is 0. The maximum absolute atomic E-state index is 6.53. The predicted octanol–water partition coefficient (Wildman–Crippen LogP) is 4.70. The highest BCUT2D eigenvalue weighted by atomic mass is 79.9. The highest BCUT2D eigenvalue weighted by Gasteiger charge is 2.22. The molecule has 5 heteroatoms. The Labute approximate surface area is 130 Å². The van der Waals surface area contributed by atoms with Gasteiger partial charge in [0.25, 0.3) is 0 Å². The molecule has 1 atom stereocenters. The smallest absolute Gasteiger partial charge is 0.162 e. The van der Waals surface area contributed by atoms with E-state index < -0.39 is 0 Å². The van der Waals surface area contributed by atoms with Crippen molar-refractivity contribution >= 4 is 27.5 Å². The molecule has 0 aliphatic carbocycles. The molecule has 1 aromatic carbocycles. The molecule has 0 N–H and O–H groups in total. The summed E-state index contributed by atoms with van der Waals surface area (Å²) in [5.41, 5.74) is 0.910. The van der Waals surface area contributed by atoms with Crippen LogP contribution in [-0.4, -0.2) is 13.2 Å². The third-order valence-corrected chi connectivity index (χ3v) is 4.35. The fraction of sp³-hybridized carbons (Fsp3) is 0.333. The lowest BCUT2D eigenvalue weighted by atomic mass is 10.1. The third-order valence-electron chi connectivity index (χ3n) is 3.22. The van der Waals surface area contributed by atoms with Gasteiger partial charge in [-0.15, -0.1) is 11.6 Å². The monoisotopic (exact) mass is 356 g/mol. The Hall–Kier alpha value is -1.13. The largest absolute Gasteiger partial charge is 0.486 e. The number of furan rings is 1. The lowest BCUT2D eigenvalue weighted by Gasteiger charge is -2.20. The number of rotatable bonds is 3. The molecule has 2 aromatic rings. The van der Waals surface area contributed by atoms with Crippen molar-refractivity contribution in [3.05, 3.63) is 45.8 Å². The zero-order chi connectivity index (χ0) is 14.1. The van der Waals surface area contributed by atoms with Gasteiger partial charge in [-0.2, -0.15) is 0 Å². The van der Waals surface area contributed by atoms with Crippen LogP contribution in [0.1, 0.15) is 29.4 Å². The molecule has 0 saturated heterocycles. The van der Waals surface area contributed by atoms with E-state index in [0.29, 0.717) is 13.2 Å². The van der Waals surface area contributed by atoms with Gasteiger partial charge in [-0.25, -0.2) is 0 Å². The van der Waals surface area contributed by atoms with E-state index in [9.17, 15) is 0 Å². The van der Waals surface area contributed by atoms with Gasteiger partial charge >= 0.3 is 0 Å². The minimum absolute atomic E-state index is 0.361. The Morgan fingerprint density at radius 3 is 2.55 bits per heavy atom. The van der Waals surface area contributed by atoms with E-state index in [4.69, 9.17) is 25.5 Å². The first-order chi connectivity index (χ1) is 9.69. The van der Waals surface area contributed by atoms with Crippen LogP contribution in [0.5, 0.6) is 11.5 Å². The lowest BCUT2D eigenvalue weighted by molar-refractivity contribution is 0.171. The van der Waals surface area contributed by atoms with Crippen molar-refractivity contribution < 1.29 is 13.9 Å². The number of halogens is 2. The molecule has 0 radical (unpaired) electrons. The van der Waals surface area contributed by atoms with E-state index in [1.807, 2.05) is 31.2 Å². The van der Waals surface area contributed by atoms with Crippen LogP contribution in [0.15, 0.2) is 33.2 Å². The van der Waals surface area contributed by atoms with Crippen molar-refractivity contribution in [1.29, 1.82) is 0 Å². The second kappa shape index (κ2) is 5.70. The van der Waals surface area contributed by atoms with E-state index in [1.54, 1.807) is 0 Å². The summed E-state index contributed by atoms with van der Waals surface area (Å²) in [6.45, 7) is 3.18. The maximum Gasteiger partial charge on any atom is 0.162 e. The maximum atomic E-state index is 6.53. The Bertz CT molecular complexity index is 624. The van der Waals surface area contributed by atoms with E-state index in [1.165, 1.54) is 0 Å². The first-order valence-electron chi connectivity index (χ1n) is 6.50. The summed E-state index contributed by atoms with van der Waals surface area (Å²) in [5.74, 6) is 3.13. The molecule has 3 rings (SSSR count). The van der Waals surface area contributed by atoms with Gasteiger partial charge in [0.1, 0.15) is 30.1 Å². The van der Waals surface area contributed by atoms with Gasteiger partial charge in [-0.05, 0) is 29.8 Å². The summed E-state index contributed by atoms with van der Waals surface area (Å²) >= 11 is 10.1. The Morgan fingerprint density at radius 2 is 1.90 bits per heavy atom. The number of benzene rings is 1. The number of alkyl halides is 1. The topological polar surface area (TPSA) is 31.6 Å². The molecule has 0 bridgehead atoms. The number of hydrogen-bond acceptors (Lipinski definition) is 3. The summed E-state index contributed by atoms with van der Waals surface area (Å²) in [6, 6.07) is 7.67. The minimum atomic E-state index is -0.361. The Morgan fingerprint density at radius 1 is 1.20 bits per heavy atom. The van der Waals surface area contributed by atoms with Gasteiger partial charge in [0, 0.05) is 10.9 Å². The van der Waals surface area contributed by atoms with Crippen molar-refractivity contribution in [2.45, 2.75) is 18.7 Å². The van der Waals surface area contributed by atoms with Crippen LogP contribution in [0.2, 0.25) is 0 Å². The molecule has 0 saturated carbocycles. The molecule has 1 aliphatic heterocycles. The Kier molecular flexibility index (Phi) is 3.94.